The van der Waals surface area contributed by atoms with Crippen molar-refractivity contribution in [2.24, 2.45) is 5.92 Å². The van der Waals surface area contributed by atoms with Gasteiger partial charge in [-0.2, -0.15) is 0 Å². The van der Waals surface area contributed by atoms with E-state index in [2.05, 4.69) is 60.7 Å². The lowest BCUT2D eigenvalue weighted by Crippen LogP contribution is -2.26. The van der Waals surface area contributed by atoms with E-state index >= 15 is 0 Å². The molecule has 0 fully saturated rings. The van der Waals surface area contributed by atoms with Gasteiger partial charge in [-0.05, 0) is 49.4 Å². The molecule has 1 aromatic heterocycles. The van der Waals surface area contributed by atoms with Gasteiger partial charge in [-0.3, -0.25) is 4.79 Å². The molecule has 0 saturated carbocycles. The maximum absolute atomic E-state index is 11.8. The molecule has 0 saturated heterocycles. The number of carbonyl (C=O) groups excluding carboxylic acids is 1. The fraction of sp³-hybridized carbons (Fsp3) is 0.471. The second-order valence-corrected chi connectivity index (χ2v) is 8.32. The summed E-state index contributed by atoms with van der Waals surface area (Å²) in [5.41, 5.74) is 3.49. The first kappa shape index (κ1) is 18.7. The van der Waals surface area contributed by atoms with Gasteiger partial charge < -0.3 is 10.6 Å². The number of hydrogen-bond donors (Lipinski definition) is 2. The van der Waals surface area contributed by atoms with Gasteiger partial charge in [0.2, 0.25) is 11.0 Å². The molecule has 0 aliphatic heterocycles. The predicted molar refractivity (Wildman–Crippen MR) is 102 cm³/mol. The van der Waals surface area contributed by atoms with Crippen LogP contribution in [0, 0.1) is 19.8 Å². The number of thioether (sulfide) groups is 1. The molecular formula is C17H24N4OS2. The second-order valence-electron chi connectivity index (χ2n) is 6.12. The Bertz CT molecular complexity index is 685. The highest BCUT2D eigenvalue weighted by Crippen LogP contribution is 2.28. The Hall–Kier alpha value is -1.60. The van der Waals surface area contributed by atoms with Crippen LogP contribution in [-0.4, -0.2) is 28.4 Å². The second kappa shape index (κ2) is 9.03. The van der Waals surface area contributed by atoms with Crippen LogP contribution in [0.25, 0.3) is 0 Å². The number of hydrogen-bond acceptors (Lipinski definition) is 6. The SMILES string of the molecule is Cc1ccc(Nc2nnc(SCC(=O)NCCC(C)C)s2)cc1C. The van der Waals surface area contributed by atoms with E-state index in [1.807, 2.05) is 6.07 Å². The molecule has 7 heteroatoms. The van der Waals surface area contributed by atoms with Gasteiger partial charge in [-0.1, -0.05) is 43.0 Å². The van der Waals surface area contributed by atoms with Gasteiger partial charge >= 0.3 is 0 Å². The Morgan fingerprint density at radius 2 is 2.04 bits per heavy atom. The smallest absolute Gasteiger partial charge is 0.230 e. The average molecular weight is 365 g/mol. The predicted octanol–water partition coefficient (Wildman–Crippen LogP) is 4.15. The number of rotatable bonds is 8. The van der Waals surface area contributed by atoms with E-state index in [4.69, 9.17) is 0 Å². The van der Waals surface area contributed by atoms with Crippen molar-refractivity contribution >= 4 is 39.8 Å². The molecule has 0 radical (unpaired) electrons. The lowest BCUT2D eigenvalue weighted by atomic mass is 10.1. The molecule has 0 spiro atoms. The Labute approximate surface area is 151 Å². The molecule has 0 unspecified atom stereocenters. The van der Waals surface area contributed by atoms with Crippen molar-refractivity contribution in [2.75, 3.05) is 17.6 Å². The summed E-state index contributed by atoms with van der Waals surface area (Å²) in [5, 5.41) is 15.2. The number of anilines is 2. The minimum atomic E-state index is 0.0412. The van der Waals surface area contributed by atoms with Crippen LogP contribution in [0.15, 0.2) is 22.5 Å². The lowest BCUT2D eigenvalue weighted by molar-refractivity contribution is -0.118. The Morgan fingerprint density at radius 1 is 1.25 bits per heavy atom. The first-order valence-corrected chi connectivity index (χ1v) is 9.81. The molecule has 2 N–H and O–H groups in total. The number of nitrogens with one attached hydrogen (secondary N) is 2. The highest BCUT2D eigenvalue weighted by atomic mass is 32.2. The summed E-state index contributed by atoms with van der Waals surface area (Å²) in [6, 6.07) is 6.19. The quantitative estimate of drug-likeness (QED) is 0.689. The number of amides is 1. The molecule has 5 nitrogen and oxygen atoms in total. The Balaban J connectivity index is 1.80. The molecule has 2 aromatic rings. The number of aromatic nitrogens is 2. The Morgan fingerprint density at radius 3 is 2.75 bits per heavy atom. The van der Waals surface area contributed by atoms with Crippen molar-refractivity contribution in [3.05, 3.63) is 29.3 Å². The minimum Gasteiger partial charge on any atom is -0.355 e. The molecule has 0 aliphatic rings. The van der Waals surface area contributed by atoms with E-state index in [1.165, 1.54) is 34.2 Å². The van der Waals surface area contributed by atoms with Gasteiger partial charge in [-0.15, -0.1) is 10.2 Å². The Kier molecular flexibility index (Phi) is 7.05. The normalized spacial score (nSPS) is 10.9. The molecule has 0 aliphatic carbocycles. The van der Waals surface area contributed by atoms with Gasteiger partial charge in [0.15, 0.2) is 4.34 Å². The molecule has 1 amide bonds. The van der Waals surface area contributed by atoms with Crippen molar-refractivity contribution in [1.29, 1.82) is 0 Å². The highest BCUT2D eigenvalue weighted by molar-refractivity contribution is 8.01. The summed E-state index contributed by atoms with van der Waals surface area (Å²) in [4.78, 5) is 11.8. The van der Waals surface area contributed by atoms with Gasteiger partial charge in [-0.25, -0.2) is 0 Å². The lowest BCUT2D eigenvalue weighted by Gasteiger charge is -2.06. The van der Waals surface area contributed by atoms with Crippen LogP contribution in [0.4, 0.5) is 10.8 Å². The number of benzene rings is 1. The topological polar surface area (TPSA) is 66.9 Å². The van der Waals surface area contributed by atoms with Crippen molar-refractivity contribution in [1.82, 2.24) is 15.5 Å². The van der Waals surface area contributed by atoms with E-state index in [0.717, 1.165) is 28.1 Å². The maximum Gasteiger partial charge on any atom is 0.230 e. The van der Waals surface area contributed by atoms with Gasteiger partial charge in [0.25, 0.3) is 0 Å². The molecule has 1 aromatic carbocycles. The van der Waals surface area contributed by atoms with Crippen LogP contribution >= 0.6 is 23.1 Å². The standard InChI is InChI=1S/C17H24N4OS2/c1-11(2)7-8-18-15(22)10-23-17-21-20-16(24-17)19-14-6-5-12(3)13(4)9-14/h5-6,9,11H,7-8,10H2,1-4H3,(H,18,22)(H,19,20). The largest absolute Gasteiger partial charge is 0.355 e. The van der Waals surface area contributed by atoms with Crippen LogP contribution in [0.1, 0.15) is 31.4 Å². The summed E-state index contributed by atoms with van der Waals surface area (Å²) in [7, 11) is 0. The van der Waals surface area contributed by atoms with Crippen LogP contribution in [0.5, 0.6) is 0 Å². The first-order valence-electron chi connectivity index (χ1n) is 8.01. The number of nitrogens with zero attached hydrogens (tertiary/aromatic N) is 2. The summed E-state index contributed by atoms with van der Waals surface area (Å²) in [5.74, 6) is 1.01. The zero-order chi connectivity index (χ0) is 17.5. The summed E-state index contributed by atoms with van der Waals surface area (Å²) in [6.45, 7) is 9.19. The third kappa shape index (κ3) is 6.13. The zero-order valence-corrected chi connectivity index (χ0v) is 16.2. The zero-order valence-electron chi connectivity index (χ0n) is 14.5. The minimum absolute atomic E-state index is 0.0412. The molecule has 1 heterocycles. The van der Waals surface area contributed by atoms with Crippen LogP contribution in [-0.2, 0) is 4.79 Å². The molecule has 0 bridgehead atoms. The third-order valence-electron chi connectivity index (χ3n) is 3.54. The van der Waals surface area contributed by atoms with Crippen molar-refractivity contribution < 1.29 is 4.79 Å². The van der Waals surface area contributed by atoms with Crippen molar-refractivity contribution in [2.45, 2.75) is 38.5 Å². The fourth-order valence-electron chi connectivity index (χ4n) is 1.94. The van der Waals surface area contributed by atoms with Crippen LogP contribution in [0.2, 0.25) is 0 Å². The summed E-state index contributed by atoms with van der Waals surface area (Å²) < 4.78 is 0.792. The van der Waals surface area contributed by atoms with E-state index < -0.39 is 0 Å². The van der Waals surface area contributed by atoms with Crippen LogP contribution in [0.3, 0.4) is 0 Å². The van der Waals surface area contributed by atoms with E-state index in [-0.39, 0.29) is 5.91 Å². The van der Waals surface area contributed by atoms with Gasteiger partial charge in [0.05, 0.1) is 5.75 Å². The average Bonchev–Trinajstić information content (AvgIpc) is 2.96. The van der Waals surface area contributed by atoms with E-state index in [1.54, 1.807) is 0 Å². The maximum atomic E-state index is 11.8. The number of carbonyl (C=O) groups is 1. The molecule has 0 atom stereocenters. The third-order valence-corrected chi connectivity index (χ3v) is 5.51. The number of aryl methyl sites for hydroxylation is 2. The molecule has 2 rings (SSSR count). The molecule has 24 heavy (non-hydrogen) atoms. The van der Waals surface area contributed by atoms with Gasteiger partial charge in [0, 0.05) is 12.2 Å². The van der Waals surface area contributed by atoms with Crippen LogP contribution < -0.4 is 10.6 Å². The fourth-order valence-corrected chi connectivity index (χ4v) is 3.54. The van der Waals surface area contributed by atoms with E-state index in [9.17, 15) is 4.79 Å². The molecule has 130 valence electrons. The summed E-state index contributed by atoms with van der Waals surface area (Å²) >= 11 is 2.88. The first-order chi connectivity index (χ1) is 11.4. The van der Waals surface area contributed by atoms with Gasteiger partial charge in [0.1, 0.15) is 0 Å². The van der Waals surface area contributed by atoms with E-state index in [0.29, 0.717) is 11.7 Å². The monoisotopic (exact) mass is 364 g/mol. The van der Waals surface area contributed by atoms with Crippen molar-refractivity contribution in [3.63, 3.8) is 0 Å². The highest BCUT2D eigenvalue weighted by Gasteiger charge is 2.09. The molecular weight excluding hydrogens is 340 g/mol. The van der Waals surface area contributed by atoms with Crippen molar-refractivity contribution in [3.8, 4) is 0 Å². The summed E-state index contributed by atoms with van der Waals surface area (Å²) in [6.07, 6.45) is 0.999.